The summed E-state index contributed by atoms with van der Waals surface area (Å²) >= 11 is 7.55. The molecule has 1 amide bonds. The van der Waals surface area contributed by atoms with Gasteiger partial charge in [-0.15, -0.1) is 11.3 Å². The summed E-state index contributed by atoms with van der Waals surface area (Å²) in [7, 11) is 1.59. The number of primary amides is 1. The molecule has 3 heterocycles. The third-order valence-electron chi connectivity index (χ3n) is 4.58. The largest absolute Gasteiger partial charge is 0.495 e. The molecule has 4 aromatic rings. The Hall–Kier alpha value is -3.03. The number of carbonyl (C=O) groups excluding carboxylic acids is 1. The van der Waals surface area contributed by atoms with Crippen molar-refractivity contribution in [3.8, 4) is 21.9 Å². The number of hydrogen-bond donors (Lipinski definition) is 2. The van der Waals surface area contributed by atoms with Gasteiger partial charge in [-0.2, -0.15) is 0 Å². The number of ether oxygens (including phenoxy) is 2. The van der Waals surface area contributed by atoms with Crippen molar-refractivity contribution in [1.82, 2.24) is 9.97 Å². The van der Waals surface area contributed by atoms with E-state index in [1.165, 1.54) is 11.3 Å². The Morgan fingerprint density at radius 3 is 2.83 bits per heavy atom. The van der Waals surface area contributed by atoms with E-state index in [-0.39, 0.29) is 6.10 Å². The minimum atomic E-state index is -0.543. The van der Waals surface area contributed by atoms with Gasteiger partial charge in [0.1, 0.15) is 28.1 Å². The smallest absolute Gasteiger partial charge is 0.262 e. The topological polar surface area (TPSA) is 90.2 Å². The van der Waals surface area contributed by atoms with E-state index >= 15 is 0 Å². The minimum Gasteiger partial charge on any atom is -0.495 e. The molecule has 0 saturated heterocycles. The molecule has 0 aliphatic carbocycles. The lowest BCUT2D eigenvalue weighted by molar-refractivity contribution is 0.0998. The fraction of sp³-hybridized carbons (Fsp3) is 0.143. The number of aromatic nitrogens is 2. The molecule has 3 aromatic heterocycles. The van der Waals surface area contributed by atoms with Gasteiger partial charge in [-0.1, -0.05) is 29.8 Å². The molecule has 1 atom stereocenters. The number of halogens is 1. The molecule has 148 valence electrons. The minimum absolute atomic E-state index is 0.351. The molecule has 3 N–H and O–H groups in total. The van der Waals surface area contributed by atoms with Crippen LogP contribution in [0.1, 0.15) is 28.3 Å². The lowest BCUT2D eigenvalue weighted by Crippen LogP contribution is -2.12. The monoisotopic (exact) mass is 427 g/mol. The maximum absolute atomic E-state index is 12.0. The number of nitrogens with two attached hydrogens (primary N) is 1. The van der Waals surface area contributed by atoms with Crippen molar-refractivity contribution in [3.05, 3.63) is 64.3 Å². The zero-order valence-electron chi connectivity index (χ0n) is 15.7. The predicted molar refractivity (Wildman–Crippen MR) is 115 cm³/mol. The van der Waals surface area contributed by atoms with Crippen molar-refractivity contribution >= 4 is 39.9 Å². The van der Waals surface area contributed by atoms with E-state index < -0.39 is 5.91 Å². The molecule has 4 rings (SSSR count). The van der Waals surface area contributed by atoms with E-state index in [4.69, 9.17) is 26.8 Å². The number of pyridine rings is 1. The molecule has 29 heavy (non-hydrogen) atoms. The van der Waals surface area contributed by atoms with Gasteiger partial charge in [-0.05, 0) is 25.1 Å². The predicted octanol–water partition coefficient (Wildman–Crippen LogP) is 5.19. The standard InChI is InChI=1S/C21H18ClN3O3S/c1-11(13-5-3-4-6-16(13)22)28-17-8-18(29-19(17)20(23)26)15-10-25-21-14(15)7-12(27-2)9-24-21/h3-11H,1-2H3,(H2,23,26)(H,24,25). The summed E-state index contributed by atoms with van der Waals surface area (Å²) in [4.78, 5) is 20.7. The van der Waals surface area contributed by atoms with Gasteiger partial charge in [0.15, 0.2) is 0 Å². The van der Waals surface area contributed by atoms with Crippen LogP contribution >= 0.6 is 22.9 Å². The number of aromatic amines is 1. The Labute approximate surface area is 176 Å². The van der Waals surface area contributed by atoms with E-state index in [0.29, 0.717) is 21.4 Å². The van der Waals surface area contributed by atoms with Crippen molar-refractivity contribution in [2.45, 2.75) is 13.0 Å². The number of H-pyrrole nitrogens is 1. The van der Waals surface area contributed by atoms with Gasteiger partial charge in [0.2, 0.25) is 0 Å². The lowest BCUT2D eigenvalue weighted by atomic mass is 10.1. The molecular formula is C21H18ClN3O3S. The van der Waals surface area contributed by atoms with Crippen molar-refractivity contribution in [2.75, 3.05) is 7.11 Å². The van der Waals surface area contributed by atoms with Gasteiger partial charge in [0, 0.05) is 32.6 Å². The van der Waals surface area contributed by atoms with Crippen LogP contribution in [-0.2, 0) is 0 Å². The molecule has 0 aliphatic rings. The molecule has 1 aromatic carbocycles. The van der Waals surface area contributed by atoms with Crippen LogP contribution in [-0.4, -0.2) is 23.0 Å². The summed E-state index contributed by atoms with van der Waals surface area (Å²) < 4.78 is 11.4. The second-order valence-electron chi connectivity index (χ2n) is 6.42. The maximum Gasteiger partial charge on any atom is 0.262 e. The lowest BCUT2D eigenvalue weighted by Gasteiger charge is -2.16. The Kier molecular flexibility index (Phi) is 5.17. The SMILES string of the molecule is COc1cnc2[nH]cc(-c3cc(OC(C)c4ccccc4Cl)c(C(N)=O)s3)c2c1. The molecule has 0 spiro atoms. The van der Waals surface area contributed by atoms with Crippen LogP contribution in [0.2, 0.25) is 5.02 Å². The summed E-state index contributed by atoms with van der Waals surface area (Å²) in [5.74, 6) is 0.530. The van der Waals surface area contributed by atoms with Crippen LogP contribution in [0, 0.1) is 0 Å². The highest BCUT2D eigenvalue weighted by atomic mass is 35.5. The molecule has 1 unspecified atom stereocenters. The highest BCUT2D eigenvalue weighted by Crippen LogP contribution is 2.41. The summed E-state index contributed by atoms with van der Waals surface area (Å²) in [5, 5.41) is 1.48. The van der Waals surface area contributed by atoms with Gasteiger partial charge in [-0.25, -0.2) is 4.98 Å². The first kappa shape index (κ1) is 19.3. The van der Waals surface area contributed by atoms with Gasteiger partial charge in [0.05, 0.1) is 13.3 Å². The van der Waals surface area contributed by atoms with Crippen LogP contribution in [0.3, 0.4) is 0 Å². The van der Waals surface area contributed by atoms with Crippen molar-refractivity contribution in [3.63, 3.8) is 0 Å². The third kappa shape index (κ3) is 3.66. The van der Waals surface area contributed by atoms with E-state index in [0.717, 1.165) is 27.0 Å². The maximum atomic E-state index is 12.0. The average Bonchev–Trinajstić information content (AvgIpc) is 3.31. The van der Waals surface area contributed by atoms with Crippen molar-refractivity contribution in [1.29, 1.82) is 0 Å². The van der Waals surface area contributed by atoms with E-state index in [1.54, 1.807) is 19.4 Å². The number of methoxy groups -OCH3 is 1. The second-order valence-corrected chi connectivity index (χ2v) is 7.88. The zero-order chi connectivity index (χ0) is 20.5. The number of thiophene rings is 1. The van der Waals surface area contributed by atoms with Gasteiger partial charge < -0.3 is 20.2 Å². The number of fused-ring (bicyclic) bond motifs is 1. The first-order chi connectivity index (χ1) is 14.0. The van der Waals surface area contributed by atoms with Crippen molar-refractivity contribution < 1.29 is 14.3 Å². The third-order valence-corrected chi connectivity index (χ3v) is 6.08. The van der Waals surface area contributed by atoms with Crippen LogP contribution in [0.5, 0.6) is 11.5 Å². The zero-order valence-corrected chi connectivity index (χ0v) is 17.3. The summed E-state index contributed by atoms with van der Waals surface area (Å²) in [6.07, 6.45) is 3.13. The number of carbonyl (C=O) groups is 1. The van der Waals surface area contributed by atoms with Crippen molar-refractivity contribution in [2.24, 2.45) is 5.73 Å². The number of amides is 1. The number of nitrogens with one attached hydrogen (secondary N) is 1. The fourth-order valence-corrected chi connectivity index (χ4v) is 4.39. The Bertz CT molecular complexity index is 1200. The van der Waals surface area contributed by atoms with Crippen LogP contribution in [0.25, 0.3) is 21.5 Å². The van der Waals surface area contributed by atoms with E-state index in [9.17, 15) is 4.79 Å². The molecule has 6 nitrogen and oxygen atoms in total. The average molecular weight is 428 g/mol. The Morgan fingerprint density at radius 1 is 1.31 bits per heavy atom. The quantitative estimate of drug-likeness (QED) is 0.443. The highest BCUT2D eigenvalue weighted by molar-refractivity contribution is 7.17. The number of nitrogens with zero attached hydrogens (tertiary/aromatic N) is 1. The molecule has 0 fully saturated rings. The van der Waals surface area contributed by atoms with Crippen LogP contribution < -0.4 is 15.2 Å². The molecular weight excluding hydrogens is 410 g/mol. The molecule has 0 aliphatic heterocycles. The number of rotatable bonds is 6. The molecule has 0 bridgehead atoms. The number of hydrogen-bond acceptors (Lipinski definition) is 5. The summed E-state index contributed by atoms with van der Waals surface area (Å²) in [5.41, 5.74) is 8.05. The highest BCUT2D eigenvalue weighted by Gasteiger charge is 2.21. The molecule has 8 heteroatoms. The Morgan fingerprint density at radius 2 is 2.10 bits per heavy atom. The summed E-state index contributed by atoms with van der Waals surface area (Å²) in [6.45, 7) is 1.88. The summed E-state index contributed by atoms with van der Waals surface area (Å²) in [6, 6.07) is 11.2. The number of benzene rings is 1. The second kappa shape index (κ2) is 7.77. The first-order valence-electron chi connectivity index (χ1n) is 8.84. The first-order valence-corrected chi connectivity index (χ1v) is 10.0. The molecule has 0 radical (unpaired) electrons. The Balaban J connectivity index is 1.74. The fourth-order valence-electron chi connectivity index (χ4n) is 3.12. The molecule has 0 saturated carbocycles. The van der Waals surface area contributed by atoms with Crippen LogP contribution in [0.15, 0.2) is 48.8 Å². The normalized spacial score (nSPS) is 12.1. The van der Waals surface area contributed by atoms with Gasteiger partial charge in [-0.3, -0.25) is 4.79 Å². The van der Waals surface area contributed by atoms with Gasteiger partial charge >= 0.3 is 0 Å². The van der Waals surface area contributed by atoms with E-state index in [2.05, 4.69) is 9.97 Å². The van der Waals surface area contributed by atoms with Crippen LogP contribution in [0.4, 0.5) is 0 Å². The van der Waals surface area contributed by atoms with Gasteiger partial charge in [0.25, 0.3) is 5.91 Å². The van der Waals surface area contributed by atoms with E-state index in [1.807, 2.05) is 43.5 Å².